The summed E-state index contributed by atoms with van der Waals surface area (Å²) in [6.45, 7) is 6.95. The van der Waals surface area contributed by atoms with Crippen LogP contribution in [0, 0.1) is 5.92 Å². The molecule has 1 aromatic rings. The maximum atomic E-state index is 2.55. The molecule has 2 heteroatoms. The molecule has 0 aliphatic heterocycles. The maximum Gasteiger partial charge on any atom is 0.243 e. The van der Waals surface area contributed by atoms with Crippen LogP contribution in [0.3, 0.4) is 0 Å². The summed E-state index contributed by atoms with van der Waals surface area (Å²) in [5.74, 6) is 0.977. The van der Waals surface area contributed by atoms with Gasteiger partial charge in [0.15, 0.2) is 0 Å². The topological polar surface area (TPSA) is 8.81 Å². The minimum atomic E-state index is 0.684. The van der Waals surface area contributed by atoms with E-state index in [0.29, 0.717) is 6.04 Å². The Bertz CT molecular complexity index is 903. The monoisotopic (exact) mass is 810 g/mol. The van der Waals surface area contributed by atoms with Gasteiger partial charge in [0.1, 0.15) is 18.4 Å². The van der Waals surface area contributed by atoms with Gasteiger partial charge < -0.3 is 0 Å². The number of rotatable bonds is 48. The van der Waals surface area contributed by atoms with Gasteiger partial charge >= 0.3 is 0 Å². The molecule has 1 rings (SSSR count). The summed E-state index contributed by atoms with van der Waals surface area (Å²) in [6.07, 6.45) is 76.6. The van der Waals surface area contributed by atoms with Crippen LogP contribution in [0.2, 0.25) is 0 Å². The van der Waals surface area contributed by atoms with E-state index in [1.807, 2.05) is 0 Å². The van der Waals surface area contributed by atoms with Crippen LogP contribution in [0.5, 0.6) is 0 Å². The van der Waals surface area contributed by atoms with E-state index in [1.165, 1.54) is 289 Å². The molecule has 0 N–H and O–H groups in total. The molecule has 58 heavy (non-hydrogen) atoms. The molecule has 1 aromatic heterocycles. The van der Waals surface area contributed by atoms with Gasteiger partial charge in [-0.25, -0.2) is 9.13 Å². The fourth-order valence-electron chi connectivity index (χ4n) is 9.55. The van der Waals surface area contributed by atoms with Crippen molar-refractivity contribution in [1.82, 2.24) is 4.57 Å². The Morgan fingerprint density at radius 3 is 0.966 bits per heavy atom. The summed E-state index contributed by atoms with van der Waals surface area (Å²) in [7, 11) is 2.19. The first kappa shape index (κ1) is 55.0. The molecule has 0 bridgehead atoms. The fourth-order valence-corrected chi connectivity index (χ4v) is 9.55. The lowest BCUT2D eigenvalue weighted by Gasteiger charge is -2.18. The largest absolute Gasteiger partial charge is 0.243 e. The molecule has 1 unspecified atom stereocenters. The first-order chi connectivity index (χ1) is 28.7. The van der Waals surface area contributed by atoms with Crippen LogP contribution >= 0.6 is 0 Å². The van der Waals surface area contributed by atoms with Gasteiger partial charge in [0, 0.05) is 0 Å². The highest BCUT2D eigenvalue weighted by molar-refractivity contribution is 4.81. The van der Waals surface area contributed by atoms with Crippen LogP contribution in [0.4, 0.5) is 0 Å². The third-order valence-corrected chi connectivity index (χ3v) is 13.6. The van der Waals surface area contributed by atoms with Gasteiger partial charge in [-0.3, -0.25) is 0 Å². The van der Waals surface area contributed by atoms with Crippen LogP contribution in [-0.4, -0.2) is 4.57 Å². The molecule has 0 saturated heterocycles. The fraction of sp³-hybridized carbons (Fsp3) is 0.911. The number of unbranched alkanes of at least 4 members (excludes halogenated alkanes) is 35. The minimum Gasteiger partial charge on any atom is -0.240 e. The van der Waals surface area contributed by atoms with Crippen LogP contribution in [0.25, 0.3) is 0 Å². The Morgan fingerprint density at radius 1 is 0.362 bits per heavy atom. The third kappa shape index (κ3) is 37.9. The molecule has 1 atom stereocenters. The molecule has 1 heterocycles. The van der Waals surface area contributed by atoms with Gasteiger partial charge in [0.05, 0.1) is 7.05 Å². The highest BCUT2D eigenvalue weighted by atomic mass is 15.1. The van der Waals surface area contributed by atoms with Crippen LogP contribution < -0.4 is 4.57 Å². The van der Waals surface area contributed by atoms with E-state index in [9.17, 15) is 0 Å². The average Bonchev–Trinajstić information content (AvgIpc) is 3.67. The number of nitrogens with zero attached hydrogens (tertiary/aromatic N) is 2. The number of hydrogen-bond acceptors (Lipinski definition) is 0. The van der Waals surface area contributed by atoms with Gasteiger partial charge in [-0.2, -0.15) is 0 Å². The summed E-state index contributed by atoms with van der Waals surface area (Å²) < 4.78 is 4.79. The summed E-state index contributed by atoms with van der Waals surface area (Å²) >= 11 is 0. The van der Waals surface area contributed by atoms with Crippen LogP contribution in [-0.2, 0) is 7.05 Å². The minimum absolute atomic E-state index is 0.684. The van der Waals surface area contributed by atoms with Gasteiger partial charge in [0.2, 0.25) is 6.33 Å². The normalized spacial score (nSPS) is 12.5. The van der Waals surface area contributed by atoms with Gasteiger partial charge in [-0.05, 0) is 57.3 Å². The number of hydrogen-bond donors (Lipinski definition) is 0. The zero-order chi connectivity index (χ0) is 41.7. The van der Waals surface area contributed by atoms with E-state index in [0.717, 1.165) is 5.92 Å². The molecular weight excluding hydrogens is 701 g/mol. The molecule has 0 radical (unpaired) electrons. The molecule has 0 spiro atoms. The highest BCUT2D eigenvalue weighted by Gasteiger charge is 2.17. The second-order valence-corrected chi connectivity index (χ2v) is 19.4. The van der Waals surface area contributed by atoms with E-state index in [2.05, 4.69) is 67.8 Å². The molecule has 0 saturated carbocycles. The maximum absolute atomic E-state index is 2.55. The molecule has 0 aromatic carbocycles. The second kappa shape index (κ2) is 45.5. The average molecular weight is 811 g/mol. The van der Waals surface area contributed by atoms with E-state index in [4.69, 9.17) is 0 Å². The molecule has 342 valence electrons. The number of imidazole rings is 1. The molecule has 0 aliphatic carbocycles. The van der Waals surface area contributed by atoms with Crippen LogP contribution in [0.1, 0.15) is 316 Å². The predicted molar refractivity (Wildman–Crippen MR) is 262 cm³/mol. The van der Waals surface area contributed by atoms with Gasteiger partial charge in [-0.15, -0.1) is 0 Å². The van der Waals surface area contributed by atoms with E-state index < -0.39 is 0 Å². The van der Waals surface area contributed by atoms with Crippen LogP contribution in [0.15, 0.2) is 30.9 Å². The smallest absolute Gasteiger partial charge is 0.240 e. The summed E-state index contributed by atoms with van der Waals surface area (Å²) in [6, 6.07) is 0.684. The summed E-state index contributed by atoms with van der Waals surface area (Å²) in [5, 5.41) is 0. The van der Waals surface area contributed by atoms with Crippen molar-refractivity contribution in [3.8, 4) is 0 Å². The summed E-state index contributed by atoms with van der Waals surface area (Å²) in [5.41, 5.74) is 0. The zero-order valence-corrected chi connectivity index (χ0v) is 40.8. The first-order valence-corrected chi connectivity index (χ1v) is 27.4. The Hall–Kier alpha value is -1.05. The van der Waals surface area contributed by atoms with Crippen molar-refractivity contribution < 1.29 is 4.57 Å². The third-order valence-electron chi connectivity index (χ3n) is 13.6. The van der Waals surface area contributed by atoms with E-state index in [1.54, 1.807) is 0 Å². The Labute approximate surface area is 367 Å². The van der Waals surface area contributed by atoms with Gasteiger partial charge in [0.25, 0.3) is 0 Å². The number of allylic oxidation sites excluding steroid dienone is 2. The van der Waals surface area contributed by atoms with Crippen molar-refractivity contribution in [2.45, 2.75) is 316 Å². The predicted octanol–water partition coefficient (Wildman–Crippen LogP) is 19.6. The lowest BCUT2D eigenvalue weighted by Crippen LogP contribution is -2.24. The SMILES string of the molecule is CCCCCCCCC=CCCCCCCCCC(CCCCC(CCCCCCCCCCCCCC)CCCCCCCCCCCCCC)n1cc[n+](C)c1. The zero-order valence-electron chi connectivity index (χ0n) is 40.8. The number of aryl methyl sites for hydroxylation is 1. The van der Waals surface area contributed by atoms with Crippen molar-refractivity contribution in [2.75, 3.05) is 0 Å². The van der Waals surface area contributed by atoms with Crippen molar-refractivity contribution in [3.05, 3.63) is 30.9 Å². The summed E-state index contributed by atoms with van der Waals surface area (Å²) in [4.78, 5) is 0. The van der Waals surface area contributed by atoms with E-state index in [-0.39, 0.29) is 0 Å². The second-order valence-electron chi connectivity index (χ2n) is 19.4. The Kier molecular flexibility index (Phi) is 43.1. The highest BCUT2D eigenvalue weighted by Crippen LogP contribution is 2.28. The van der Waals surface area contributed by atoms with Crippen molar-refractivity contribution >= 4 is 0 Å². The van der Waals surface area contributed by atoms with E-state index >= 15 is 0 Å². The Morgan fingerprint density at radius 2 is 0.638 bits per heavy atom. The molecule has 0 amide bonds. The number of aromatic nitrogens is 2. The van der Waals surface area contributed by atoms with Gasteiger partial charge in [-0.1, -0.05) is 270 Å². The van der Waals surface area contributed by atoms with Crippen molar-refractivity contribution in [1.29, 1.82) is 0 Å². The lowest BCUT2D eigenvalue weighted by molar-refractivity contribution is -0.671. The van der Waals surface area contributed by atoms with Crippen molar-refractivity contribution in [2.24, 2.45) is 13.0 Å². The molecule has 2 nitrogen and oxygen atoms in total. The quantitative estimate of drug-likeness (QED) is 0.0352. The Balaban J connectivity index is 2.34. The molecule has 0 fully saturated rings. The van der Waals surface area contributed by atoms with Crippen molar-refractivity contribution in [3.63, 3.8) is 0 Å². The standard InChI is InChI=1S/C56H109N2/c1-5-8-11-14-17-20-23-26-27-28-29-32-35-38-41-44-50-56(58-53-52-57(4)54-58)51-46-45-49-55(47-42-39-36-33-30-24-21-18-15-12-9-6-2)48-43-40-37-34-31-25-22-19-16-13-10-7-3/h26-27,52-56H,5-25,28-51H2,1-4H3/q+1. The molecule has 0 aliphatic rings. The lowest BCUT2D eigenvalue weighted by atomic mass is 9.89. The molecular formula is C56H109N2+. The first-order valence-electron chi connectivity index (χ1n) is 27.4.